The molecule has 0 spiro atoms. The average molecular weight is 492 g/mol. The first kappa shape index (κ1) is 28.7. The van der Waals surface area contributed by atoms with E-state index in [4.69, 9.17) is 5.73 Å². The minimum absolute atomic E-state index is 0.00304. The Hall–Kier alpha value is -2.58. The molecule has 4 N–H and O–H groups in total. The lowest BCUT2D eigenvalue weighted by atomic mass is 9.63. The summed E-state index contributed by atoms with van der Waals surface area (Å²) in [5, 5.41) is 14.3. The molecule has 2 amide bonds. The molecule has 1 aliphatic carbocycles. The molecule has 1 aromatic carbocycles. The molecule has 0 saturated carbocycles. The van der Waals surface area contributed by atoms with Crippen LogP contribution in [-0.4, -0.2) is 54.1 Å². The van der Waals surface area contributed by atoms with E-state index in [0.717, 1.165) is 18.9 Å². The van der Waals surface area contributed by atoms with Crippen LogP contribution >= 0.6 is 0 Å². The molecule has 1 unspecified atom stereocenters. The van der Waals surface area contributed by atoms with Crippen molar-refractivity contribution in [2.45, 2.75) is 59.5 Å². The summed E-state index contributed by atoms with van der Waals surface area (Å²) >= 11 is 0. The summed E-state index contributed by atoms with van der Waals surface area (Å²) in [5.41, 5.74) is 6.00. The Morgan fingerprint density at radius 1 is 1.14 bits per heavy atom. The van der Waals surface area contributed by atoms with Crippen LogP contribution in [0.2, 0.25) is 0 Å². The lowest BCUT2D eigenvalue weighted by Gasteiger charge is -2.42. The molecule has 1 aliphatic rings. The molecule has 1 aromatic rings. The molecule has 2 rings (SSSR count). The van der Waals surface area contributed by atoms with E-state index in [1.54, 1.807) is 24.0 Å². The standard InChI is InChI=1S/C27H39F2N3O3/c1-5-8-32(9-6-2)25(34)20-10-18(4)15-27(16-20,26(30)35)23(24(33)17-31-7-3)13-19-11-21(28)14-22(29)12-19/h10-12,14-15,23-24,31,33H,5-9,13,16-17H2,1-4H3,(H2,30,35)/t23-,24+,27?/m1/s1. The molecule has 194 valence electrons. The zero-order valence-corrected chi connectivity index (χ0v) is 21.2. The van der Waals surface area contributed by atoms with Gasteiger partial charge in [-0.2, -0.15) is 0 Å². The normalized spacial score (nSPS) is 19.5. The van der Waals surface area contributed by atoms with E-state index >= 15 is 0 Å². The SMILES string of the molecule is CCCN(CCC)C(=O)C1=CC(C)=CC(C(N)=O)([C@H](Cc2cc(F)cc(F)c2)[C@@H](O)CNCC)C1. The smallest absolute Gasteiger partial charge is 0.249 e. The van der Waals surface area contributed by atoms with Crippen LogP contribution in [0, 0.1) is 23.0 Å². The van der Waals surface area contributed by atoms with E-state index in [-0.39, 0.29) is 25.3 Å². The average Bonchev–Trinajstić information content (AvgIpc) is 2.79. The number of allylic oxidation sites excluding steroid dienone is 2. The van der Waals surface area contributed by atoms with Gasteiger partial charge >= 0.3 is 0 Å². The quantitative estimate of drug-likeness (QED) is 0.394. The zero-order chi connectivity index (χ0) is 26.2. The number of aliphatic hydroxyl groups excluding tert-OH is 1. The third-order valence-electron chi connectivity index (χ3n) is 6.49. The van der Waals surface area contributed by atoms with Crippen molar-refractivity contribution in [1.82, 2.24) is 10.2 Å². The van der Waals surface area contributed by atoms with Crippen LogP contribution in [0.25, 0.3) is 0 Å². The Kier molecular flexibility index (Phi) is 10.6. The number of nitrogens with two attached hydrogens (primary N) is 1. The molecular formula is C27H39F2N3O3. The van der Waals surface area contributed by atoms with Crippen LogP contribution in [0.15, 0.2) is 41.5 Å². The number of rotatable bonds is 13. The molecule has 0 saturated heterocycles. The molecule has 3 atom stereocenters. The van der Waals surface area contributed by atoms with Gasteiger partial charge in [-0.25, -0.2) is 8.78 Å². The van der Waals surface area contributed by atoms with Gasteiger partial charge in [-0.1, -0.05) is 38.5 Å². The number of hydrogen-bond donors (Lipinski definition) is 3. The maximum Gasteiger partial charge on any atom is 0.249 e. The number of nitrogens with one attached hydrogen (secondary N) is 1. The van der Waals surface area contributed by atoms with Crippen molar-refractivity contribution < 1.29 is 23.5 Å². The highest BCUT2D eigenvalue weighted by molar-refractivity contribution is 5.96. The van der Waals surface area contributed by atoms with Crippen LogP contribution in [0.1, 0.15) is 52.5 Å². The van der Waals surface area contributed by atoms with Gasteiger partial charge in [0.05, 0.1) is 11.5 Å². The van der Waals surface area contributed by atoms with Crippen molar-refractivity contribution in [1.29, 1.82) is 0 Å². The summed E-state index contributed by atoms with van der Waals surface area (Å²) in [6.45, 7) is 9.58. The Balaban J connectivity index is 2.55. The maximum atomic E-state index is 14.0. The monoisotopic (exact) mass is 491 g/mol. The lowest BCUT2D eigenvalue weighted by Crippen LogP contribution is -2.51. The molecule has 0 heterocycles. The number of likely N-dealkylation sites (N-methyl/N-ethyl adjacent to an activating group) is 1. The summed E-state index contributed by atoms with van der Waals surface area (Å²) in [6.07, 6.45) is 4.00. The summed E-state index contributed by atoms with van der Waals surface area (Å²) in [5.74, 6) is -3.16. The van der Waals surface area contributed by atoms with Gasteiger partial charge in [0.25, 0.3) is 0 Å². The van der Waals surface area contributed by atoms with Crippen molar-refractivity contribution in [2.24, 2.45) is 17.1 Å². The first-order valence-electron chi connectivity index (χ1n) is 12.4. The number of halogens is 2. The number of carbonyl (C=O) groups is 2. The molecule has 0 radical (unpaired) electrons. The number of amides is 2. The van der Waals surface area contributed by atoms with Crippen molar-refractivity contribution in [2.75, 3.05) is 26.2 Å². The third kappa shape index (κ3) is 7.21. The fourth-order valence-corrected chi connectivity index (χ4v) is 4.99. The van der Waals surface area contributed by atoms with E-state index in [0.29, 0.717) is 36.3 Å². The van der Waals surface area contributed by atoms with Gasteiger partial charge in [-0.15, -0.1) is 0 Å². The largest absolute Gasteiger partial charge is 0.391 e. The van der Waals surface area contributed by atoms with Gasteiger partial charge in [0.15, 0.2) is 0 Å². The van der Waals surface area contributed by atoms with Crippen LogP contribution in [0.5, 0.6) is 0 Å². The second kappa shape index (κ2) is 12.9. The molecule has 0 aliphatic heterocycles. The first-order valence-corrected chi connectivity index (χ1v) is 12.4. The number of aliphatic hydroxyl groups is 1. The van der Waals surface area contributed by atoms with Crippen molar-refractivity contribution >= 4 is 11.8 Å². The van der Waals surface area contributed by atoms with Crippen LogP contribution in [-0.2, 0) is 16.0 Å². The van der Waals surface area contributed by atoms with E-state index in [9.17, 15) is 23.5 Å². The fraction of sp³-hybridized carbons (Fsp3) is 0.556. The van der Waals surface area contributed by atoms with Gasteiger partial charge in [-0.3, -0.25) is 9.59 Å². The number of carbonyl (C=O) groups excluding carboxylic acids is 2. The highest BCUT2D eigenvalue weighted by Gasteiger charge is 2.48. The molecular weight excluding hydrogens is 452 g/mol. The van der Waals surface area contributed by atoms with Crippen LogP contribution in [0.4, 0.5) is 8.78 Å². The number of primary amides is 1. The van der Waals surface area contributed by atoms with E-state index in [1.165, 1.54) is 12.1 Å². The summed E-state index contributed by atoms with van der Waals surface area (Å²) in [6, 6.07) is 3.16. The molecule has 0 fully saturated rings. The summed E-state index contributed by atoms with van der Waals surface area (Å²) in [4.78, 5) is 28.3. The summed E-state index contributed by atoms with van der Waals surface area (Å²) < 4.78 is 27.9. The van der Waals surface area contributed by atoms with Gasteiger partial charge < -0.3 is 21.1 Å². The fourth-order valence-electron chi connectivity index (χ4n) is 4.99. The second-order valence-electron chi connectivity index (χ2n) is 9.39. The minimum Gasteiger partial charge on any atom is -0.391 e. The molecule has 8 heteroatoms. The minimum atomic E-state index is -1.41. The zero-order valence-electron chi connectivity index (χ0n) is 21.2. The van der Waals surface area contributed by atoms with Crippen molar-refractivity contribution in [3.63, 3.8) is 0 Å². The maximum absolute atomic E-state index is 14.0. The lowest BCUT2D eigenvalue weighted by molar-refractivity contribution is -0.132. The Bertz CT molecular complexity index is 937. The number of hydrogen-bond acceptors (Lipinski definition) is 4. The van der Waals surface area contributed by atoms with Gasteiger partial charge in [0.1, 0.15) is 11.6 Å². The van der Waals surface area contributed by atoms with Gasteiger partial charge in [0, 0.05) is 37.2 Å². The Morgan fingerprint density at radius 2 is 1.74 bits per heavy atom. The van der Waals surface area contributed by atoms with Crippen molar-refractivity contribution in [3.05, 3.63) is 58.7 Å². The summed E-state index contributed by atoms with van der Waals surface area (Å²) in [7, 11) is 0. The number of nitrogens with zero attached hydrogens (tertiary/aromatic N) is 1. The molecule has 0 aromatic heterocycles. The molecule has 0 bridgehead atoms. The Labute approximate surface area is 207 Å². The number of benzene rings is 1. The van der Waals surface area contributed by atoms with Crippen LogP contribution in [0.3, 0.4) is 0 Å². The highest BCUT2D eigenvalue weighted by Crippen LogP contribution is 2.44. The van der Waals surface area contributed by atoms with Crippen molar-refractivity contribution in [3.8, 4) is 0 Å². The van der Waals surface area contributed by atoms with Crippen LogP contribution < -0.4 is 11.1 Å². The Morgan fingerprint density at radius 3 is 2.26 bits per heavy atom. The van der Waals surface area contributed by atoms with Gasteiger partial charge in [-0.05, 0) is 56.8 Å². The van der Waals surface area contributed by atoms with Gasteiger partial charge in [0.2, 0.25) is 11.8 Å². The molecule has 35 heavy (non-hydrogen) atoms. The predicted molar refractivity (Wildman–Crippen MR) is 133 cm³/mol. The van der Waals surface area contributed by atoms with E-state index in [1.807, 2.05) is 20.8 Å². The second-order valence-corrected chi connectivity index (χ2v) is 9.39. The third-order valence-corrected chi connectivity index (χ3v) is 6.49. The predicted octanol–water partition coefficient (Wildman–Crippen LogP) is 3.49. The van der Waals surface area contributed by atoms with E-state index < -0.39 is 35.0 Å². The van der Waals surface area contributed by atoms with E-state index in [2.05, 4.69) is 5.32 Å². The highest BCUT2D eigenvalue weighted by atomic mass is 19.1. The molecule has 6 nitrogen and oxygen atoms in total. The first-order chi connectivity index (χ1) is 16.6. The topological polar surface area (TPSA) is 95.7 Å².